The average molecular weight is 313 g/mol. The van der Waals surface area contributed by atoms with E-state index >= 15 is 0 Å². The van der Waals surface area contributed by atoms with E-state index in [-0.39, 0.29) is 12.5 Å². The molecule has 1 heterocycles. The molecule has 3 rings (SSSR count). The molecule has 5 heteroatoms. The number of carbonyl (C=O) groups is 1. The van der Waals surface area contributed by atoms with Gasteiger partial charge in [-0.1, -0.05) is 30.3 Å². The lowest BCUT2D eigenvalue weighted by Crippen LogP contribution is -2.45. The predicted molar refractivity (Wildman–Crippen MR) is 86.5 cm³/mol. The second-order valence-corrected chi connectivity index (χ2v) is 5.97. The molecule has 2 aromatic rings. The number of aliphatic hydroxyl groups excluding tert-OH is 1. The Balaban J connectivity index is 1.93. The van der Waals surface area contributed by atoms with Gasteiger partial charge in [0.25, 0.3) is 5.91 Å². The van der Waals surface area contributed by atoms with E-state index in [2.05, 4.69) is 5.32 Å². The third kappa shape index (κ3) is 3.14. The summed E-state index contributed by atoms with van der Waals surface area (Å²) in [7, 11) is 0. The summed E-state index contributed by atoms with van der Waals surface area (Å²) in [6.45, 7) is 3.63. The zero-order chi connectivity index (χ0) is 16.4. The fourth-order valence-corrected chi connectivity index (χ4v) is 2.37. The lowest BCUT2D eigenvalue weighted by atomic mass is 10.0. The van der Waals surface area contributed by atoms with Crippen molar-refractivity contribution in [3.63, 3.8) is 0 Å². The van der Waals surface area contributed by atoms with Gasteiger partial charge in [0.15, 0.2) is 17.1 Å². The molecule has 0 bridgehead atoms. The molecule has 2 N–H and O–H groups in total. The number of carbonyl (C=O) groups excluding carboxylic acids is 1. The first kappa shape index (κ1) is 15.4. The molecule has 0 aliphatic carbocycles. The summed E-state index contributed by atoms with van der Waals surface area (Å²) < 4.78 is 11.7. The minimum absolute atomic E-state index is 0.145. The van der Waals surface area contributed by atoms with E-state index in [1.165, 1.54) is 0 Å². The normalized spacial score (nSPS) is 15.3. The first-order valence-corrected chi connectivity index (χ1v) is 7.44. The number of rotatable bonds is 4. The third-order valence-corrected chi connectivity index (χ3v) is 3.69. The number of nitrogens with one attached hydrogen (secondary N) is 1. The third-order valence-electron chi connectivity index (χ3n) is 3.69. The Morgan fingerprint density at radius 1 is 1.17 bits per heavy atom. The van der Waals surface area contributed by atoms with Crippen molar-refractivity contribution in [1.29, 1.82) is 0 Å². The fourth-order valence-electron chi connectivity index (χ4n) is 2.37. The molecule has 0 aromatic heterocycles. The number of aliphatic hydroxyl groups is 1. The first-order valence-electron chi connectivity index (χ1n) is 7.44. The molecule has 0 unspecified atom stereocenters. The highest BCUT2D eigenvalue weighted by Gasteiger charge is 2.37. The molecule has 0 saturated heterocycles. The molecule has 5 nitrogen and oxygen atoms in total. The highest BCUT2D eigenvalue weighted by Crippen LogP contribution is 2.42. The molecule has 1 aliphatic rings. The van der Waals surface area contributed by atoms with Crippen LogP contribution in [0, 0.1) is 0 Å². The molecule has 1 amide bonds. The van der Waals surface area contributed by atoms with Crippen LogP contribution in [0.3, 0.4) is 0 Å². The molecule has 0 radical (unpaired) electrons. The van der Waals surface area contributed by atoms with Gasteiger partial charge >= 0.3 is 0 Å². The van der Waals surface area contributed by atoms with Gasteiger partial charge in [0.2, 0.25) is 0 Å². The quantitative estimate of drug-likeness (QED) is 0.911. The molecular weight excluding hydrogens is 294 g/mol. The summed E-state index contributed by atoms with van der Waals surface area (Å²) in [5.74, 6) is 0.764. The van der Waals surface area contributed by atoms with E-state index in [1.807, 2.05) is 30.3 Å². The summed E-state index contributed by atoms with van der Waals surface area (Å²) in [6, 6.07) is 13.2. The topological polar surface area (TPSA) is 67.8 Å². The largest absolute Gasteiger partial charge is 0.485 e. The Labute approximate surface area is 134 Å². The maximum absolute atomic E-state index is 12.0. The highest BCUT2D eigenvalue weighted by atomic mass is 16.5. The molecule has 0 saturated carbocycles. The van der Waals surface area contributed by atoms with Crippen LogP contribution >= 0.6 is 0 Å². The van der Waals surface area contributed by atoms with Crippen LogP contribution in [-0.2, 0) is 18.0 Å². The minimum atomic E-state index is -0.974. The van der Waals surface area contributed by atoms with E-state index < -0.39 is 5.60 Å². The van der Waals surface area contributed by atoms with E-state index in [9.17, 15) is 9.90 Å². The van der Waals surface area contributed by atoms with Crippen LogP contribution in [0.25, 0.3) is 0 Å². The lowest BCUT2D eigenvalue weighted by Gasteiger charge is -2.32. The van der Waals surface area contributed by atoms with Crippen LogP contribution < -0.4 is 14.8 Å². The van der Waals surface area contributed by atoms with Gasteiger partial charge in [-0.25, -0.2) is 0 Å². The summed E-state index contributed by atoms with van der Waals surface area (Å²) >= 11 is 0. The molecule has 23 heavy (non-hydrogen) atoms. The Bertz CT molecular complexity index is 725. The Morgan fingerprint density at radius 3 is 2.61 bits per heavy atom. The van der Waals surface area contributed by atoms with Crippen molar-refractivity contribution in [2.24, 2.45) is 0 Å². The van der Waals surface area contributed by atoms with Crippen molar-refractivity contribution in [1.82, 2.24) is 0 Å². The smallest absolute Gasteiger partial charge is 0.268 e. The Hall–Kier alpha value is -2.53. The Kier molecular flexibility index (Phi) is 3.96. The Morgan fingerprint density at radius 2 is 1.91 bits per heavy atom. The van der Waals surface area contributed by atoms with Crippen molar-refractivity contribution in [3.8, 4) is 11.5 Å². The molecule has 0 fully saturated rings. The molecule has 120 valence electrons. The van der Waals surface area contributed by atoms with Gasteiger partial charge in [-0.3, -0.25) is 4.79 Å². The second kappa shape index (κ2) is 5.93. The minimum Gasteiger partial charge on any atom is -0.485 e. The maximum atomic E-state index is 12.0. The summed E-state index contributed by atoms with van der Waals surface area (Å²) in [6.07, 6.45) is 0. The zero-order valence-corrected chi connectivity index (χ0v) is 13.1. The number of hydrogen-bond acceptors (Lipinski definition) is 4. The van der Waals surface area contributed by atoms with Crippen LogP contribution in [0.4, 0.5) is 5.69 Å². The summed E-state index contributed by atoms with van der Waals surface area (Å²) in [5, 5.41) is 12.2. The van der Waals surface area contributed by atoms with Crippen LogP contribution in [0.5, 0.6) is 11.5 Å². The van der Waals surface area contributed by atoms with Gasteiger partial charge in [0, 0.05) is 0 Å². The van der Waals surface area contributed by atoms with E-state index in [0.29, 0.717) is 29.4 Å². The van der Waals surface area contributed by atoms with Crippen molar-refractivity contribution >= 4 is 11.6 Å². The van der Waals surface area contributed by atoms with E-state index in [4.69, 9.17) is 9.47 Å². The van der Waals surface area contributed by atoms with Gasteiger partial charge < -0.3 is 19.9 Å². The van der Waals surface area contributed by atoms with Gasteiger partial charge in [-0.15, -0.1) is 0 Å². The first-order chi connectivity index (χ1) is 11.0. The number of hydrogen-bond donors (Lipinski definition) is 2. The van der Waals surface area contributed by atoms with Gasteiger partial charge in [-0.05, 0) is 37.1 Å². The maximum Gasteiger partial charge on any atom is 0.268 e. The van der Waals surface area contributed by atoms with Crippen LogP contribution in [0.2, 0.25) is 0 Å². The SMILES string of the molecule is CC1(C)Oc2c(cc(CO)cc2OCc2ccccc2)NC1=O. The second-order valence-electron chi connectivity index (χ2n) is 5.97. The standard InChI is InChI=1S/C18H19NO4/c1-18(2)17(21)19-14-8-13(10-20)9-15(16(14)23-18)22-11-12-6-4-3-5-7-12/h3-9,20H,10-11H2,1-2H3,(H,19,21). The molecule has 2 aromatic carbocycles. The fraction of sp³-hybridized carbons (Fsp3) is 0.278. The molecule has 1 aliphatic heterocycles. The van der Waals surface area contributed by atoms with Crippen LogP contribution in [0.15, 0.2) is 42.5 Å². The van der Waals surface area contributed by atoms with Gasteiger partial charge in [0.1, 0.15) is 6.61 Å². The number of ether oxygens (including phenoxy) is 2. The lowest BCUT2D eigenvalue weighted by molar-refractivity contribution is -0.129. The van der Waals surface area contributed by atoms with Crippen LogP contribution in [0.1, 0.15) is 25.0 Å². The van der Waals surface area contributed by atoms with Crippen molar-refractivity contribution < 1.29 is 19.4 Å². The number of anilines is 1. The number of benzene rings is 2. The number of amides is 1. The summed E-state index contributed by atoms with van der Waals surface area (Å²) in [5.41, 5.74) is 1.22. The van der Waals surface area contributed by atoms with Gasteiger partial charge in [0.05, 0.1) is 12.3 Å². The average Bonchev–Trinajstić information content (AvgIpc) is 2.54. The number of fused-ring (bicyclic) bond motifs is 1. The predicted octanol–water partition coefficient (Wildman–Crippen LogP) is 2.87. The zero-order valence-electron chi connectivity index (χ0n) is 13.1. The molecule has 0 spiro atoms. The summed E-state index contributed by atoms with van der Waals surface area (Å²) in [4.78, 5) is 12.0. The van der Waals surface area contributed by atoms with Gasteiger partial charge in [-0.2, -0.15) is 0 Å². The molecular formula is C18H19NO4. The molecule has 0 atom stereocenters. The van der Waals surface area contributed by atoms with E-state index in [0.717, 1.165) is 5.56 Å². The highest BCUT2D eigenvalue weighted by molar-refractivity contribution is 6.00. The monoisotopic (exact) mass is 313 g/mol. The van der Waals surface area contributed by atoms with Crippen molar-refractivity contribution in [2.75, 3.05) is 5.32 Å². The van der Waals surface area contributed by atoms with Crippen molar-refractivity contribution in [2.45, 2.75) is 32.7 Å². The van der Waals surface area contributed by atoms with Crippen molar-refractivity contribution in [3.05, 3.63) is 53.6 Å². The van der Waals surface area contributed by atoms with Crippen LogP contribution in [-0.4, -0.2) is 16.6 Å². The van der Waals surface area contributed by atoms with E-state index in [1.54, 1.807) is 26.0 Å².